The molecule has 0 aliphatic carbocycles. The van der Waals surface area contributed by atoms with Gasteiger partial charge in [-0.05, 0) is 13.0 Å². The van der Waals surface area contributed by atoms with Gasteiger partial charge in [0.2, 0.25) is 5.88 Å². The Morgan fingerprint density at radius 2 is 1.75 bits per heavy atom. The van der Waals surface area contributed by atoms with Gasteiger partial charge in [0.05, 0.1) is 25.6 Å². The van der Waals surface area contributed by atoms with Gasteiger partial charge >= 0.3 is 6.09 Å². The average molecular weight is 381 g/mol. The van der Waals surface area contributed by atoms with E-state index in [-0.39, 0.29) is 6.61 Å². The van der Waals surface area contributed by atoms with E-state index in [1.807, 2.05) is 67.2 Å². The summed E-state index contributed by atoms with van der Waals surface area (Å²) in [5.41, 5.74) is 4.33. The second kappa shape index (κ2) is 8.58. The minimum atomic E-state index is -0.615. The predicted molar refractivity (Wildman–Crippen MR) is 106 cm³/mol. The molecule has 0 fully saturated rings. The highest BCUT2D eigenvalue weighted by molar-refractivity contribution is 5.86. The minimum Gasteiger partial charge on any atom is -0.471 e. The summed E-state index contributed by atoms with van der Waals surface area (Å²) in [5.74, 6) is 0.540. The molecule has 0 unspecified atom stereocenters. The summed E-state index contributed by atoms with van der Waals surface area (Å²) in [4.78, 5) is 17.1. The van der Waals surface area contributed by atoms with Crippen LogP contribution in [0.4, 0.5) is 10.5 Å². The van der Waals surface area contributed by atoms with E-state index in [1.54, 1.807) is 6.07 Å². The molecule has 2 aromatic carbocycles. The Kier molecular flexibility index (Phi) is 5.96. The third-order valence-corrected chi connectivity index (χ3v) is 4.39. The van der Waals surface area contributed by atoms with Crippen molar-refractivity contribution in [3.63, 3.8) is 0 Å². The van der Waals surface area contributed by atoms with Crippen molar-refractivity contribution in [1.29, 1.82) is 0 Å². The molecule has 0 bridgehead atoms. The Balaban J connectivity index is 1.85. The van der Waals surface area contributed by atoms with Crippen LogP contribution in [0.25, 0.3) is 11.3 Å². The molecule has 3 rings (SSSR count). The first-order valence-electron chi connectivity index (χ1n) is 8.78. The van der Waals surface area contributed by atoms with Crippen molar-refractivity contribution in [2.24, 2.45) is 7.05 Å². The average Bonchev–Trinajstić information content (AvgIpc) is 3.01. The number of benzene rings is 2. The lowest BCUT2D eigenvalue weighted by Gasteiger charge is -2.20. The molecule has 1 amide bonds. The van der Waals surface area contributed by atoms with Gasteiger partial charge in [0, 0.05) is 23.7 Å². The highest BCUT2D eigenvalue weighted by Crippen LogP contribution is 2.30. The molecule has 0 N–H and O–H groups in total. The zero-order chi connectivity index (χ0) is 20.1. The molecule has 0 saturated heterocycles. The van der Waals surface area contributed by atoms with Gasteiger partial charge in [-0.1, -0.05) is 48.5 Å². The van der Waals surface area contributed by atoms with Gasteiger partial charge in [0.15, 0.2) is 0 Å². The van der Waals surface area contributed by atoms with Gasteiger partial charge in [-0.15, -0.1) is 5.10 Å². The third-order valence-electron chi connectivity index (χ3n) is 4.39. The normalized spacial score (nSPS) is 10.6. The van der Waals surface area contributed by atoms with Crippen molar-refractivity contribution in [3.05, 3.63) is 65.7 Å². The van der Waals surface area contributed by atoms with Crippen LogP contribution in [0.15, 0.2) is 54.6 Å². The lowest BCUT2D eigenvalue weighted by atomic mass is 10.1. The summed E-state index contributed by atoms with van der Waals surface area (Å²) in [6, 6.07) is 17.3. The molecule has 0 atom stereocenters. The molecule has 0 radical (unpaired) electrons. The van der Waals surface area contributed by atoms with Crippen molar-refractivity contribution < 1.29 is 19.1 Å². The number of hydrogen-bond acceptors (Lipinski definition) is 5. The number of hydroxylamine groups is 1. The van der Waals surface area contributed by atoms with Crippen LogP contribution in [-0.2, 0) is 23.2 Å². The van der Waals surface area contributed by atoms with E-state index in [9.17, 15) is 4.79 Å². The number of para-hydroxylation sites is 1. The molecule has 0 saturated carbocycles. The SMILES string of the molecule is COC(=O)N(OC)c1ccccc1COc1nn(C)c(-c2ccccc2)c1C. The quantitative estimate of drug-likeness (QED) is 0.601. The molecule has 7 nitrogen and oxygen atoms in total. The van der Waals surface area contributed by atoms with Crippen LogP contribution in [0.3, 0.4) is 0 Å². The molecule has 0 spiro atoms. The summed E-state index contributed by atoms with van der Waals surface area (Å²) in [6.07, 6.45) is -0.615. The van der Waals surface area contributed by atoms with E-state index in [2.05, 4.69) is 5.10 Å². The number of nitrogens with zero attached hydrogens (tertiary/aromatic N) is 3. The molecule has 1 heterocycles. The molecule has 3 aromatic rings. The first-order valence-corrected chi connectivity index (χ1v) is 8.78. The zero-order valence-electron chi connectivity index (χ0n) is 16.4. The van der Waals surface area contributed by atoms with Crippen molar-refractivity contribution in [2.45, 2.75) is 13.5 Å². The largest absolute Gasteiger partial charge is 0.471 e. The number of carbonyl (C=O) groups excluding carboxylic acids is 1. The van der Waals surface area contributed by atoms with Gasteiger partial charge in [-0.25, -0.2) is 4.79 Å². The van der Waals surface area contributed by atoms with Crippen LogP contribution in [0.1, 0.15) is 11.1 Å². The second-order valence-electron chi connectivity index (χ2n) is 6.13. The Hall–Kier alpha value is -3.32. The highest BCUT2D eigenvalue weighted by atomic mass is 16.7. The maximum Gasteiger partial charge on any atom is 0.438 e. The maximum atomic E-state index is 12.0. The zero-order valence-corrected chi connectivity index (χ0v) is 16.4. The van der Waals surface area contributed by atoms with Crippen molar-refractivity contribution in [3.8, 4) is 17.1 Å². The summed E-state index contributed by atoms with van der Waals surface area (Å²) in [6.45, 7) is 2.20. The summed E-state index contributed by atoms with van der Waals surface area (Å²) >= 11 is 0. The predicted octanol–water partition coefficient (Wildman–Crippen LogP) is 4.11. The Morgan fingerprint density at radius 3 is 2.43 bits per heavy atom. The second-order valence-corrected chi connectivity index (χ2v) is 6.13. The number of hydrogen-bond donors (Lipinski definition) is 0. The first kappa shape index (κ1) is 19.4. The summed E-state index contributed by atoms with van der Waals surface area (Å²) in [7, 11) is 4.60. The summed E-state index contributed by atoms with van der Waals surface area (Å²) in [5, 5.41) is 5.59. The Morgan fingerprint density at radius 1 is 1.07 bits per heavy atom. The van der Waals surface area contributed by atoms with Gasteiger partial charge in [0.25, 0.3) is 0 Å². The third kappa shape index (κ3) is 3.84. The van der Waals surface area contributed by atoms with Crippen LogP contribution >= 0.6 is 0 Å². The number of methoxy groups -OCH3 is 1. The minimum absolute atomic E-state index is 0.221. The number of aryl methyl sites for hydroxylation is 1. The monoisotopic (exact) mass is 381 g/mol. The van der Waals surface area contributed by atoms with Crippen LogP contribution in [0.5, 0.6) is 5.88 Å². The van der Waals surface area contributed by atoms with Gasteiger partial charge < -0.3 is 9.47 Å². The fourth-order valence-electron chi connectivity index (χ4n) is 3.07. The topological polar surface area (TPSA) is 65.8 Å². The number of rotatable bonds is 6. The number of carbonyl (C=O) groups is 1. The van der Waals surface area contributed by atoms with E-state index in [0.717, 1.165) is 27.4 Å². The van der Waals surface area contributed by atoms with E-state index in [0.29, 0.717) is 11.6 Å². The Labute approximate surface area is 164 Å². The van der Waals surface area contributed by atoms with Crippen molar-refractivity contribution in [2.75, 3.05) is 19.3 Å². The van der Waals surface area contributed by atoms with E-state index < -0.39 is 6.09 Å². The van der Waals surface area contributed by atoms with Crippen LogP contribution in [0.2, 0.25) is 0 Å². The fraction of sp³-hybridized carbons (Fsp3) is 0.238. The molecule has 28 heavy (non-hydrogen) atoms. The summed E-state index contributed by atoms with van der Waals surface area (Å²) < 4.78 is 12.6. The smallest absolute Gasteiger partial charge is 0.438 e. The molecule has 146 valence electrons. The molecular formula is C21H23N3O4. The lowest BCUT2D eigenvalue weighted by Crippen LogP contribution is -2.30. The molecule has 0 aliphatic rings. The molecule has 1 aromatic heterocycles. The van der Waals surface area contributed by atoms with Crippen molar-refractivity contribution in [1.82, 2.24) is 9.78 Å². The molecular weight excluding hydrogens is 358 g/mol. The fourth-order valence-corrected chi connectivity index (χ4v) is 3.07. The Bertz CT molecular complexity index is 954. The first-order chi connectivity index (χ1) is 13.6. The van der Waals surface area contributed by atoms with E-state index >= 15 is 0 Å². The maximum absolute atomic E-state index is 12.0. The number of ether oxygens (including phenoxy) is 2. The van der Waals surface area contributed by atoms with E-state index in [4.69, 9.17) is 14.3 Å². The molecule has 0 aliphatic heterocycles. The van der Waals surface area contributed by atoms with Gasteiger partial charge in [-0.2, -0.15) is 5.06 Å². The number of amides is 1. The highest BCUT2D eigenvalue weighted by Gasteiger charge is 2.20. The van der Waals surface area contributed by atoms with E-state index in [1.165, 1.54) is 14.2 Å². The standard InChI is InChI=1S/C21H23N3O4/c1-15-19(16-10-6-5-7-11-16)23(2)22-20(15)28-14-17-12-8-9-13-18(17)24(27-4)21(25)26-3/h5-13H,14H2,1-4H3. The molecule has 7 heteroatoms. The van der Waals surface area contributed by atoms with Gasteiger partial charge in [0.1, 0.15) is 6.61 Å². The van der Waals surface area contributed by atoms with Crippen LogP contribution < -0.4 is 9.80 Å². The van der Waals surface area contributed by atoms with Crippen molar-refractivity contribution >= 4 is 11.8 Å². The van der Waals surface area contributed by atoms with Crippen LogP contribution in [-0.4, -0.2) is 30.1 Å². The number of anilines is 1. The van der Waals surface area contributed by atoms with Crippen LogP contribution in [0, 0.1) is 6.92 Å². The number of aromatic nitrogens is 2. The lowest BCUT2D eigenvalue weighted by molar-refractivity contribution is 0.115. The van der Waals surface area contributed by atoms with Gasteiger partial charge in [-0.3, -0.25) is 9.52 Å².